The molecule has 3 aromatic heterocycles. The third-order valence-corrected chi connectivity index (χ3v) is 5.56. The minimum Gasteiger partial charge on any atom is -0.485 e. The second kappa shape index (κ2) is 7.39. The van der Waals surface area contributed by atoms with Crippen LogP contribution in [0.4, 0.5) is 0 Å². The van der Waals surface area contributed by atoms with E-state index in [2.05, 4.69) is 10.1 Å². The van der Waals surface area contributed by atoms with Crippen LogP contribution in [0.5, 0.6) is 5.75 Å². The molecule has 1 saturated heterocycles. The van der Waals surface area contributed by atoms with Crippen LogP contribution in [0.15, 0.2) is 66.0 Å². The normalized spacial score (nSPS) is 13.9. The van der Waals surface area contributed by atoms with Crippen LogP contribution in [0.2, 0.25) is 0 Å². The molecule has 31 heavy (non-hydrogen) atoms. The smallest absolute Gasteiger partial charge is 0.257 e. The van der Waals surface area contributed by atoms with E-state index in [9.17, 15) is 9.59 Å². The van der Waals surface area contributed by atoms with Crippen LogP contribution in [-0.2, 0) is 14.1 Å². The Hall–Kier alpha value is -3.94. The highest BCUT2D eigenvalue weighted by molar-refractivity contribution is 5.94. The molecule has 8 heteroatoms. The van der Waals surface area contributed by atoms with E-state index < -0.39 is 0 Å². The zero-order chi connectivity index (χ0) is 21.5. The third kappa shape index (κ3) is 3.56. The fourth-order valence-electron chi connectivity index (χ4n) is 3.79. The van der Waals surface area contributed by atoms with Gasteiger partial charge in [0.15, 0.2) is 0 Å². The molecule has 8 nitrogen and oxygen atoms in total. The largest absolute Gasteiger partial charge is 0.485 e. The van der Waals surface area contributed by atoms with Gasteiger partial charge in [-0.25, -0.2) is 0 Å². The molecule has 0 aliphatic carbocycles. The predicted octanol–water partition coefficient (Wildman–Crippen LogP) is 2.24. The Bertz CT molecular complexity index is 1350. The van der Waals surface area contributed by atoms with Gasteiger partial charge in [-0.15, -0.1) is 0 Å². The summed E-state index contributed by atoms with van der Waals surface area (Å²) in [6, 6.07) is 11.3. The van der Waals surface area contributed by atoms with Gasteiger partial charge in [0.25, 0.3) is 11.5 Å². The van der Waals surface area contributed by atoms with Gasteiger partial charge in [0.2, 0.25) is 0 Å². The maximum Gasteiger partial charge on any atom is 0.257 e. The first kappa shape index (κ1) is 19.0. The lowest BCUT2D eigenvalue weighted by Crippen LogP contribution is -2.56. The summed E-state index contributed by atoms with van der Waals surface area (Å²) in [5.41, 5.74) is 3.35. The average Bonchev–Trinajstić information content (AvgIpc) is 3.19. The van der Waals surface area contributed by atoms with E-state index in [1.54, 1.807) is 59.1 Å². The van der Waals surface area contributed by atoms with Crippen molar-refractivity contribution < 1.29 is 9.53 Å². The Morgan fingerprint density at radius 3 is 2.65 bits per heavy atom. The third-order valence-electron chi connectivity index (χ3n) is 5.56. The van der Waals surface area contributed by atoms with Crippen molar-refractivity contribution in [1.29, 1.82) is 0 Å². The molecule has 5 rings (SSSR count). The first-order valence-electron chi connectivity index (χ1n) is 9.98. The van der Waals surface area contributed by atoms with Gasteiger partial charge in [0.1, 0.15) is 11.9 Å². The highest BCUT2D eigenvalue weighted by Gasteiger charge is 2.33. The van der Waals surface area contributed by atoms with E-state index in [1.807, 2.05) is 30.3 Å². The van der Waals surface area contributed by atoms with Crippen LogP contribution in [-0.4, -0.2) is 49.3 Å². The van der Waals surface area contributed by atoms with Gasteiger partial charge in [-0.3, -0.25) is 19.3 Å². The van der Waals surface area contributed by atoms with E-state index in [-0.39, 0.29) is 17.6 Å². The summed E-state index contributed by atoms with van der Waals surface area (Å²) in [5.74, 6) is 0.627. The van der Waals surface area contributed by atoms with Crippen molar-refractivity contribution in [1.82, 2.24) is 24.2 Å². The number of hydrogen-bond donors (Lipinski definition) is 0. The molecule has 1 aliphatic heterocycles. The topological polar surface area (TPSA) is 82.3 Å². The van der Waals surface area contributed by atoms with Crippen molar-refractivity contribution in [3.63, 3.8) is 0 Å². The van der Waals surface area contributed by atoms with Gasteiger partial charge < -0.3 is 14.2 Å². The molecule has 4 aromatic rings. The van der Waals surface area contributed by atoms with Crippen molar-refractivity contribution in [2.45, 2.75) is 6.10 Å². The summed E-state index contributed by atoms with van der Waals surface area (Å²) < 4.78 is 9.28. The van der Waals surface area contributed by atoms with Crippen LogP contribution < -0.4 is 10.3 Å². The molecule has 0 unspecified atom stereocenters. The SMILES string of the molecule is Cn1cc(C(=O)N2CC(Oc3cncc(-c4ccc5c(ccc(=O)n5C)c4)c3)C2)cn1. The molecule has 156 valence electrons. The minimum absolute atomic E-state index is 0.0335. The van der Waals surface area contributed by atoms with Crippen LogP contribution in [0.25, 0.3) is 22.0 Å². The number of carbonyl (C=O) groups excluding carboxylic acids is 1. The van der Waals surface area contributed by atoms with E-state index >= 15 is 0 Å². The summed E-state index contributed by atoms with van der Waals surface area (Å²) in [5, 5.41) is 5.03. The molecule has 0 saturated carbocycles. The van der Waals surface area contributed by atoms with Gasteiger partial charge in [-0.05, 0) is 35.2 Å². The van der Waals surface area contributed by atoms with Crippen LogP contribution >= 0.6 is 0 Å². The Morgan fingerprint density at radius 2 is 1.87 bits per heavy atom. The highest BCUT2D eigenvalue weighted by atomic mass is 16.5. The first-order valence-corrected chi connectivity index (χ1v) is 9.98. The number of fused-ring (bicyclic) bond motifs is 1. The van der Waals surface area contributed by atoms with Crippen molar-refractivity contribution in [3.05, 3.63) is 77.1 Å². The minimum atomic E-state index is -0.0659. The molecule has 0 radical (unpaired) electrons. The van der Waals surface area contributed by atoms with E-state index in [0.29, 0.717) is 24.4 Å². The number of rotatable bonds is 4. The first-order chi connectivity index (χ1) is 15.0. The zero-order valence-corrected chi connectivity index (χ0v) is 17.2. The summed E-state index contributed by atoms with van der Waals surface area (Å²) in [7, 11) is 3.55. The molecule has 4 heterocycles. The van der Waals surface area contributed by atoms with Crippen molar-refractivity contribution in [2.75, 3.05) is 13.1 Å². The lowest BCUT2D eigenvalue weighted by molar-refractivity contribution is 0.0177. The number of carbonyl (C=O) groups is 1. The standard InChI is InChI=1S/C23H21N5O3/c1-26-12-18(10-25-26)23(30)28-13-20(14-28)31-19-8-17(9-24-11-19)15-3-5-21-16(7-15)4-6-22(29)27(21)2/h3-12,20H,13-14H2,1-2H3. The van der Waals surface area contributed by atoms with Gasteiger partial charge >= 0.3 is 0 Å². The number of pyridine rings is 2. The number of likely N-dealkylation sites (tertiary alicyclic amines) is 1. The Morgan fingerprint density at radius 1 is 1.03 bits per heavy atom. The number of nitrogens with zero attached hydrogens (tertiary/aromatic N) is 5. The number of hydrogen-bond acceptors (Lipinski definition) is 5. The van der Waals surface area contributed by atoms with E-state index in [1.165, 1.54) is 0 Å². The molecule has 0 N–H and O–H groups in total. The van der Waals surface area contributed by atoms with Crippen molar-refractivity contribution in [3.8, 4) is 16.9 Å². The summed E-state index contributed by atoms with van der Waals surface area (Å²) in [6.45, 7) is 1.06. The number of amides is 1. The quantitative estimate of drug-likeness (QED) is 0.511. The fraction of sp³-hybridized carbons (Fsp3) is 0.217. The summed E-state index contributed by atoms with van der Waals surface area (Å²) in [4.78, 5) is 30.3. The lowest BCUT2D eigenvalue weighted by atomic mass is 10.0. The molecule has 1 aliphatic rings. The Kier molecular flexibility index (Phi) is 4.54. The molecule has 1 amide bonds. The van der Waals surface area contributed by atoms with Crippen LogP contribution in [0.3, 0.4) is 0 Å². The number of benzene rings is 1. The zero-order valence-electron chi connectivity index (χ0n) is 17.2. The number of ether oxygens (including phenoxy) is 1. The molecule has 1 fully saturated rings. The average molecular weight is 415 g/mol. The van der Waals surface area contributed by atoms with Crippen LogP contribution in [0, 0.1) is 0 Å². The van der Waals surface area contributed by atoms with E-state index in [0.717, 1.165) is 22.0 Å². The summed E-state index contributed by atoms with van der Waals surface area (Å²) >= 11 is 0. The van der Waals surface area contributed by atoms with Gasteiger partial charge in [0, 0.05) is 38.1 Å². The molecular formula is C23H21N5O3. The monoisotopic (exact) mass is 415 g/mol. The maximum absolute atomic E-state index is 12.4. The molecule has 0 atom stereocenters. The van der Waals surface area contributed by atoms with Crippen LogP contribution in [0.1, 0.15) is 10.4 Å². The molecule has 0 spiro atoms. The Balaban J connectivity index is 1.29. The second-order valence-electron chi connectivity index (χ2n) is 7.77. The van der Waals surface area contributed by atoms with Gasteiger partial charge in [-0.1, -0.05) is 6.07 Å². The van der Waals surface area contributed by atoms with Gasteiger partial charge in [-0.2, -0.15) is 5.10 Å². The molecule has 1 aromatic carbocycles. The fourth-order valence-corrected chi connectivity index (χ4v) is 3.79. The number of aryl methyl sites for hydroxylation is 2. The highest BCUT2D eigenvalue weighted by Crippen LogP contribution is 2.27. The lowest BCUT2D eigenvalue weighted by Gasteiger charge is -2.38. The van der Waals surface area contributed by atoms with Gasteiger partial charge in [0.05, 0.1) is 36.6 Å². The second-order valence-corrected chi connectivity index (χ2v) is 7.77. The number of aromatic nitrogens is 4. The van der Waals surface area contributed by atoms with Crippen molar-refractivity contribution >= 4 is 16.8 Å². The van der Waals surface area contributed by atoms with Crippen molar-refractivity contribution in [2.24, 2.45) is 14.1 Å². The maximum atomic E-state index is 12.4. The molecule has 0 bridgehead atoms. The molecular weight excluding hydrogens is 394 g/mol. The Labute approximate surface area is 178 Å². The summed E-state index contributed by atoms with van der Waals surface area (Å²) in [6.07, 6.45) is 6.69. The van der Waals surface area contributed by atoms with E-state index in [4.69, 9.17) is 4.74 Å². The predicted molar refractivity (Wildman–Crippen MR) is 116 cm³/mol.